The summed E-state index contributed by atoms with van der Waals surface area (Å²) in [5.74, 6) is 0.229. The van der Waals surface area contributed by atoms with Crippen LogP contribution in [-0.4, -0.2) is 25.4 Å². The molecule has 4 aromatic carbocycles. The molecule has 0 aliphatic heterocycles. The molecule has 0 aliphatic carbocycles. The lowest BCUT2D eigenvalue weighted by molar-refractivity contribution is -0.118. The number of aromatic nitrogens is 3. The van der Waals surface area contributed by atoms with Gasteiger partial charge in [-0.2, -0.15) is 0 Å². The first kappa shape index (κ1) is 27.4. The lowest BCUT2D eigenvalue weighted by Crippen LogP contribution is -2.36. The Morgan fingerprint density at radius 3 is 2.02 bits per heavy atom. The first-order chi connectivity index (χ1) is 20.7. The van der Waals surface area contributed by atoms with Gasteiger partial charge < -0.3 is 14.7 Å². The van der Waals surface area contributed by atoms with E-state index in [0.29, 0.717) is 12.8 Å². The molecule has 0 spiro atoms. The second-order valence-corrected chi connectivity index (χ2v) is 10.9. The van der Waals surface area contributed by atoms with Crippen molar-refractivity contribution in [3.63, 3.8) is 0 Å². The van der Waals surface area contributed by atoms with E-state index in [4.69, 9.17) is 4.98 Å². The number of hydrogen-bond donors (Lipinski definition) is 2. The number of H-pyrrole nitrogens is 1. The van der Waals surface area contributed by atoms with Crippen molar-refractivity contribution in [2.24, 2.45) is 0 Å². The third-order valence-corrected chi connectivity index (χ3v) is 8.14. The van der Waals surface area contributed by atoms with E-state index in [0.717, 1.165) is 47.0 Å². The van der Waals surface area contributed by atoms with Crippen molar-refractivity contribution >= 4 is 16.7 Å². The van der Waals surface area contributed by atoms with E-state index in [-0.39, 0.29) is 12.4 Å². The molecule has 42 heavy (non-hydrogen) atoms. The van der Waals surface area contributed by atoms with Crippen molar-refractivity contribution in [1.29, 1.82) is 0 Å². The minimum absolute atomic E-state index is 0.00651. The third kappa shape index (κ3) is 5.44. The van der Waals surface area contributed by atoms with Crippen molar-refractivity contribution in [1.82, 2.24) is 14.5 Å². The highest BCUT2D eigenvalue weighted by Gasteiger charge is 2.38. The molecule has 210 valence electrons. The predicted molar refractivity (Wildman–Crippen MR) is 167 cm³/mol. The van der Waals surface area contributed by atoms with E-state index in [1.54, 1.807) is 0 Å². The first-order valence-electron chi connectivity index (χ1n) is 14.6. The van der Waals surface area contributed by atoms with Crippen LogP contribution in [0.2, 0.25) is 0 Å². The Kier molecular flexibility index (Phi) is 8.11. The molecule has 0 fully saturated rings. The maximum Gasteiger partial charge on any atom is 0.137 e. The average molecular weight is 554 g/mol. The standard InChI is InChI=1S/C37H35N3O2/c41-26-28-20-21-36-35(22-28)29(24-38-36)23-34(42)19-11-10-18-33-25-40(27-39-33)37(30-12-4-1-5-13-30,31-14-6-2-7-15-31)32-16-8-3-9-17-32/h1-9,12-17,20-22,24-25,27,38,41H,10-11,18-19,23,26H2. The van der Waals surface area contributed by atoms with E-state index in [1.807, 2.05) is 30.7 Å². The number of ketones is 1. The number of aromatic amines is 1. The van der Waals surface area contributed by atoms with Crippen LogP contribution >= 0.6 is 0 Å². The summed E-state index contributed by atoms with van der Waals surface area (Å²) in [4.78, 5) is 20.9. The van der Waals surface area contributed by atoms with Crippen LogP contribution in [0.5, 0.6) is 0 Å². The number of aryl methyl sites for hydroxylation is 1. The van der Waals surface area contributed by atoms with Crippen molar-refractivity contribution in [3.05, 3.63) is 161 Å². The Morgan fingerprint density at radius 2 is 1.43 bits per heavy atom. The number of aliphatic hydroxyl groups is 1. The van der Waals surface area contributed by atoms with Gasteiger partial charge in [-0.25, -0.2) is 4.98 Å². The van der Waals surface area contributed by atoms with Gasteiger partial charge in [-0.1, -0.05) is 97.1 Å². The monoisotopic (exact) mass is 553 g/mol. The zero-order valence-corrected chi connectivity index (χ0v) is 23.6. The minimum atomic E-state index is -0.569. The Hall–Kier alpha value is -4.74. The fourth-order valence-corrected chi connectivity index (χ4v) is 6.06. The van der Waals surface area contributed by atoms with Crippen LogP contribution in [0.15, 0.2) is 128 Å². The fraction of sp³-hybridized carbons (Fsp3) is 0.189. The number of rotatable bonds is 12. The van der Waals surface area contributed by atoms with E-state index in [2.05, 4.69) is 107 Å². The molecule has 0 aliphatic rings. The minimum Gasteiger partial charge on any atom is -0.392 e. The largest absolute Gasteiger partial charge is 0.392 e. The Morgan fingerprint density at radius 1 is 0.810 bits per heavy atom. The van der Waals surface area contributed by atoms with Gasteiger partial charge in [0.15, 0.2) is 0 Å². The van der Waals surface area contributed by atoms with Gasteiger partial charge in [0, 0.05) is 36.1 Å². The lowest BCUT2D eigenvalue weighted by atomic mass is 9.77. The zero-order valence-electron chi connectivity index (χ0n) is 23.6. The van der Waals surface area contributed by atoms with Crippen LogP contribution < -0.4 is 0 Å². The summed E-state index contributed by atoms with van der Waals surface area (Å²) in [6.45, 7) is -0.00651. The summed E-state index contributed by atoms with van der Waals surface area (Å²) >= 11 is 0. The van der Waals surface area contributed by atoms with Gasteiger partial charge in [0.25, 0.3) is 0 Å². The fourth-order valence-electron chi connectivity index (χ4n) is 6.06. The topological polar surface area (TPSA) is 70.9 Å². The Bertz CT molecular complexity index is 1660. The van der Waals surface area contributed by atoms with Crippen LogP contribution in [0.1, 0.15) is 52.8 Å². The van der Waals surface area contributed by atoms with Crippen LogP contribution in [-0.2, 0) is 29.8 Å². The van der Waals surface area contributed by atoms with Crippen molar-refractivity contribution in [2.45, 2.75) is 44.2 Å². The second-order valence-electron chi connectivity index (χ2n) is 10.9. The first-order valence-corrected chi connectivity index (χ1v) is 14.6. The molecule has 0 saturated carbocycles. The summed E-state index contributed by atoms with van der Waals surface area (Å²) in [5.41, 5.74) is 6.78. The van der Waals surface area contributed by atoms with Gasteiger partial charge in [-0.3, -0.25) is 4.79 Å². The van der Waals surface area contributed by atoms with Crippen molar-refractivity contribution in [3.8, 4) is 0 Å². The summed E-state index contributed by atoms with van der Waals surface area (Å²) < 4.78 is 2.24. The van der Waals surface area contributed by atoms with Gasteiger partial charge in [0.1, 0.15) is 11.3 Å². The van der Waals surface area contributed by atoms with Gasteiger partial charge in [0.05, 0.1) is 18.6 Å². The number of imidazole rings is 1. The molecule has 2 heterocycles. The van der Waals surface area contributed by atoms with Crippen LogP contribution in [0.25, 0.3) is 10.9 Å². The molecule has 0 amide bonds. The van der Waals surface area contributed by atoms with E-state index in [1.165, 1.54) is 16.7 Å². The maximum atomic E-state index is 12.8. The lowest BCUT2D eigenvalue weighted by Gasteiger charge is -2.37. The van der Waals surface area contributed by atoms with E-state index >= 15 is 0 Å². The molecule has 2 aromatic heterocycles. The Labute approximate surface area is 246 Å². The summed E-state index contributed by atoms with van der Waals surface area (Å²) in [6, 6.07) is 37.6. The quantitative estimate of drug-likeness (QED) is 0.124. The van der Waals surface area contributed by atoms with E-state index in [9.17, 15) is 9.90 Å². The number of nitrogens with zero attached hydrogens (tertiary/aromatic N) is 2. The highest BCUT2D eigenvalue weighted by atomic mass is 16.3. The highest BCUT2D eigenvalue weighted by Crippen LogP contribution is 2.40. The van der Waals surface area contributed by atoms with Crippen LogP contribution in [0.3, 0.4) is 0 Å². The number of nitrogens with one attached hydrogen (secondary N) is 1. The molecule has 0 radical (unpaired) electrons. The van der Waals surface area contributed by atoms with Crippen LogP contribution in [0, 0.1) is 0 Å². The Balaban J connectivity index is 1.18. The number of hydrogen-bond acceptors (Lipinski definition) is 3. The smallest absolute Gasteiger partial charge is 0.137 e. The molecule has 5 nitrogen and oxygen atoms in total. The SMILES string of the molecule is O=C(CCCCc1cn(C(c2ccccc2)(c2ccccc2)c2ccccc2)cn1)Cc1c[nH]c2ccc(CO)cc12. The molecule has 0 atom stereocenters. The molecule has 6 rings (SSSR count). The molecule has 0 unspecified atom stereocenters. The van der Waals surface area contributed by atoms with Crippen LogP contribution in [0.4, 0.5) is 0 Å². The van der Waals surface area contributed by atoms with Gasteiger partial charge >= 0.3 is 0 Å². The van der Waals surface area contributed by atoms with E-state index < -0.39 is 5.54 Å². The molecular formula is C37H35N3O2. The average Bonchev–Trinajstić information content (AvgIpc) is 3.68. The van der Waals surface area contributed by atoms with Gasteiger partial charge in [-0.15, -0.1) is 0 Å². The zero-order chi connectivity index (χ0) is 28.8. The normalized spacial score (nSPS) is 11.6. The summed E-state index contributed by atoms with van der Waals surface area (Å²) in [6.07, 6.45) is 9.48. The molecular weight excluding hydrogens is 518 g/mol. The van der Waals surface area contributed by atoms with Crippen molar-refractivity contribution < 1.29 is 9.90 Å². The van der Waals surface area contributed by atoms with Crippen molar-refractivity contribution in [2.75, 3.05) is 0 Å². The summed E-state index contributed by atoms with van der Waals surface area (Å²) in [7, 11) is 0. The molecule has 2 N–H and O–H groups in total. The number of unbranched alkanes of at least 4 members (excludes halogenated alkanes) is 1. The number of carbonyl (C=O) groups is 1. The maximum absolute atomic E-state index is 12.8. The number of benzene rings is 4. The molecule has 0 saturated heterocycles. The van der Waals surface area contributed by atoms with Gasteiger partial charge in [0.2, 0.25) is 0 Å². The highest BCUT2D eigenvalue weighted by molar-refractivity contribution is 5.90. The van der Waals surface area contributed by atoms with Gasteiger partial charge in [-0.05, 0) is 59.2 Å². The predicted octanol–water partition coefficient (Wildman–Crippen LogP) is 7.22. The second kappa shape index (κ2) is 12.4. The molecule has 0 bridgehead atoms. The number of Topliss-reactive ketones (excluding diaryl/α,β-unsaturated/α-hetero) is 1. The summed E-state index contributed by atoms with van der Waals surface area (Å²) in [5, 5.41) is 10.5. The third-order valence-electron chi connectivity index (χ3n) is 8.14. The number of aliphatic hydroxyl groups excluding tert-OH is 1. The number of carbonyl (C=O) groups excluding carboxylic acids is 1. The molecule has 6 aromatic rings. The number of fused-ring (bicyclic) bond motifs is 1. The molecule has 5 heteroatoms.